The van der Waals surface area contributed by atoms with Crippen LogP contribution in [0.3, 0.4) is 0 Å². The van der Waals surface area contributed by atoms with Crippen molar-refractivity contribution in [3.05, 3.63) is 58.7 Å². The summed E-state index contributed by atoms with van der Waals surface area (Å²) in [6.07, 6.45) is 8.67. The van der Waals surface area contributed by atoms with Gasteiger partial charge in [-0.3, -0.25) is 4.79 Å². The largest absolute Gasteiger partial charge is 0.294 e. The van der Waals surface area contributed by atoms with Crippen LogP contribution in [0, 0.1) is 0 Å². The van der Waals surface area contributed by atoms with E-state index in [0.717, 1.165) is 23.8 Å². The van der Waals surface area contributed by atoms with Crippen LogP contribution < -0.4 is 0 Å². The van der Waals surface area contributed by atoms with Crippen LogP contribution in [0.15, 0.2) is 36.4 Å². The Labute approximate surface area is 112 Å². The molecule has 0 fully saturated rings. The SMILES string of the molecule is CC(=O)c1cc2c3c4c(cccc14)CC=C3CC=C2. The average Bonchev–Trinajstić information content (AvgIpc) is 2.44. The molecule has 0 bridgehead atoms. The lowest BCUT2D eigenvalue weighted by Gasteiger charge is -2.24. The number of Topliss-reactive ketones (excluding diaryl/α,β-unsaturated/α-hetero) is 1. The average molecular weight is 246 g/mol. The van der Waals surface area contributed by atoms with Crippen LogP contribution in [-0.4, -0.2) is 5.78 Å². The van der Waals surface area contributed by atoms with Gasteiger partial charge in [0.25, 0.3) is 0 Å². The number of hydrogen-bond acceptors (Lipinski definition) is 1. The smallest absolute Gasteiger partial charge is 0.160 e. The molecule has 0 spiro atoms. The lowest BCUT2D eigenvalue weighted by Crippen LogP contribution is -2.06. The van der Waals surface area contributed by atoms with Gasteiger partial charge in [-0.1, -0.05) is 36.4 Å². The second-order valence-electron chi connectivity index (χ2n) is 5.32. The van der Waals surface area contributed by atoms with Crippen molar-refractivity contribution in [1.82, 2.24) is 0 Å². The van der Waals surface area contributed by atoms with E-state index in [0.29, 0.717) is 0 Å². The normalized spacial score (nSPS) is 15.5. The molecule has 4 rings (SSSR count). The molecule has 0 amide bonds. The van der Waals surface area contributed by atoms with Gasteiger partial charge in [0.2, 0.25) is 0 Å². The van der Waals surface area contributed by atoms with Gasteiger partial charge in [0, 0.05) is 5.56 Å². The topological polar surface area (TPSA) is 17.1 Å². The van der Waals surface area contributed by atoms with Crippen molar-refractivity contribution in [3.8, 4) is 0 Å². The third-order valence-electron chi connectivity index (χ3n) is 4.18. The molecule has 0 N–H and O–H groups in total. The lowest BCUT2D eigenvalue weighted by molar-refractivity contribution is 0.101. The molecular weight excluding hydrogens is 232 g/mol. The first-order valence-corrected chi connectivity index (χ1v) is 6.71. The molecule has 2 aromatic rings. The van der Waals surface area contributed by atoms with Crippen LogP contribution in [0.4, 0.5) is 0 Å². The second-order valence-corrected chi connectivity index (χ2v) is 5.32. The summed E-state index contributed by atoms with van der Waals surface area (Å²) in [5.41, 5.74) is 6.15. The highest BCUT2D eigenvalue weighted by atomic mass is 16.1. The summed E-state index contributed by atoms with van der Waals surface area (Å²) >= 11 is 0. The molecule has 19 heavy (non-hydrogen) atoms. The minimum Gasteiger partial charge on any atom is -0.294 e. The second kappa shape index (κ2) is 3.67. The Morgan fingerprint density at radius 2 is 2.11 bits per heavy atom. The summed E-state index contributed by atoms with van der Waals surface area (Å²) in [5.74, 6) is 0.148. The third-order valence-corrected chi connectivity index (χ3v) is 4.18. The third kappa shape index (κ3) is 1.39. The molecule has 0 unspecified atom stereocenters. The van der Waals surface area contributed by atoms with Crippen LogP contribution in [0.5, 0.6) is 0 Å². The van der Waals surface area contributed by atoms with Gasteiger partial charge in [-0.25, -0.2) is 0 Å². The summed E-state index contributed by atoms with van der Waals surface area (Å²) in [6, 6.07) is 8.38. The number of allylic oxidation sites excluding steroid dienone is 3. The van der Waals surface area contributed by atoms with E-state index >= 15 is 0 Å². The predicted octanol–water partition coefficient (Wildman–Crippen LogP) is 4.40. The molecule has 0 aromatic heterocycles. The molecule has 1 heteroatoms. The molecule has 0 aliphatic heterocycles. The fourth-order valence-corrected chi connectivity index (χ4v) is 3.34. The van der Waals surface area contributed by atoms with E-state index in [4.69, 9.17) is 0 Å². The van der Waals surface area contributed by atoms with Crippen LogP contribution in [0.25, 0.3) is 22.4 Å². The first kappa shape index (κ1) is 10.7. The number of benzene rings is 2. The summed E-state index contributed by atoms with van der Waals surface area (Å²) in [5, 5.41) is 2.41. The van der Waals surface area contributed by atoms with E-state index in [-0.39, 0.29) is 5.78 Å². The molecule has 1 nitrogen and oxygen atoms in total. The summed E-state index contributed by atoms with van der Waals surface area (Å²) in [7, 11) is 0. The highest BCUT2D eigenvalue weighted by Crippen LogP contribution is 2.41. The monoisotopic (exact) mass is 246 g/mol. The van der Waals surface area contributed by atoms with E-state index in [1.54, 1.807) is 6.92 Å². The van der Waals surface area contributed by atoms with Crippen LogP contribution in [0.1, 0.15) is 40.4 Å². The Morgan fingerprint density at radius 1 is 1.21 bits per heavy atom. The van der Waals surface area contributed by atoms with Gasteiger partial charge < -0.3 is 0 Å². The number of carbonyl (C=O) groups excluding carboxylic acids is 1. The van der Waals surface area contributed by atoms with Gasteiger partial charge in [-0.2, -0.15) is 0 Å². The van der Waals surface area contributed by atoms with Gasteiger partial charge >= 0.3 is 0 Å². The first-order chi connectivity index (χ1) is 9.25. The molecule has 2 aliphatic rings. The fourth-order valence-electron chi connectivity index (χ4n) is 3.34. The lowest BCUT2D eigenvalue weighted by atomic mass is 9.79. The highest BCUT2D eigenvalue weighted by molar-refractivity contribution is 6.13. The van der Waals surface area contributed by atoms with Crippen molar-refractivity contribution in [2.75, 3.05) is 0 Å². The standard InChI is InChI=1S/C18H14O/c1-11(19)16-10-14-6-2-4-12-8-9-13-5-3-7-15(16)18(13)17(12)14/h2-3,5-8,10H,4,9H2,1H3. The van der Waals surface area contributed by atoms with Crippen LogP contribution in [-0.2, 0) is 6.42 Å². The van der Waals surface area contributed by atoms with Crippen molar-refractivity contribution >= 4 is 28.2 Å². The van der Waals surface area contributed by atoms with Gasteiger partial charge in [-0.15, -0.1) is 0 Å². The van der Waals surface area contributed by atoms with Crippen molar-refractivity contribution in [1.29, 1.82) is 0 Å². The fraction of sp³-hybridized carbons (Fsp3) is 0.167. The van der Waals surface area contributed by atoms with E-state index in [2.05, 4.69) is 42.5 Å². The molecule has 0 heterocycles. The maximum absolute atomic E-state index is 11.9. The highest BCUT2D eigenvalue weighted by Gasteiger charge is 2.22. The number of rotatable bonds is 1. The molecular formula is C18H14O. The zero-order chi connectivity index (χ0) is 13.0. The minimum atomic E-state index is 0.148. The molecule has 0 radical (unpaired) electrons. The van der Waals surface area contributed by atoms with Crippen molar-refractivity contribution in [2.45, 2.75) is 19.8 Å². The van der Waals surface area contributed by atoms with Gasteiger partial charge in [0.1, 0.15) is 0 Å². The molecule has 2 aromatic carbocycles. The van der Waals surface area contributed by atoms with Gasteiger partial charge in [-0.05, 0) is 58.9 Å². The summed E-state index contributed by atoms with van der Waals surface area (Å²) in [6.45, 7) is 1.66. The molecule has 0 saturated carbocycles. The van der Waals surface area contributed by atoms with Crippen LogP contribution in [0.2, 0.25) is 0 Å². The number of hydrogen-bond donors (Lipinski definition) is 0. The van der Waals surface area contributed by atoms with E-state index in [1.807, 2.05) is 0 Å². The molecule has 0 atom stereocenters. The minimum absolute atomic E-state index is 0.148. The maximum Gasteiger partial charge on any atom is 0.160 e. The summed E-state index contributed by atoms with van der Waals surface area (Å²) < 4.78 is 0. The quantitative estimate of drug-likeness (QED) is 0.682. The molecule has 2 aliphatic carbocycles. The van der Waals surface area contributed by atoms with Gasteiger partial charge in [0.05, 0.1) is 0 Å². The molecule has 92 valence electrons. The number of ketones is 1. The zero-order valence-corrected chi connectivity index (χ0v) is 10.9. The Morgan fingerprint density at radius 3 is 2.95 bits per heavy atom. The van der Waals surface area contributed by atoms with Crippen molar-refractivity contribution in [3.63, 3.8) is 0 Å². The van der Waals surface area contributed by atoms with Crippen molar-refractivity contribution in [2.24, 2.45) is 0 Å². The Balaban J connectivity index is 2.25. The van der Waals surface area contributed by atoms with E-state index < -0.39 is 0 Å². The maximum atomic E-state index is 11.9. The van der Waals surface area contributed by atoms with E-state index in [9.17, 15) is 4.79 Å². The predicted molar refractivity (Wildman–Crippen MR) is 79.3 cm³/mol. The first-order valence-electron chi connectivity index (χ1n) is 6.71. The summed E-state index contributed by atoms with van der Waals surface area (Å²) in [4.78, 5) is 11.9. The Hall–Kier alpha value is -2.15. The zero-order valence-electron chi connectivity index (χ0n) is 10.9. The van der Waals surface area contributed by atoms with E-state index in [1.165, 1.54) is 27.6 Å². The van der Waals surface area contributed by atoms with Crippen LogP contribution >= 0.6 is 0 Å². The van der Waals surface area contributed by atoms with Crippen molar-refractivity contribution < 1.29 is 4.79 Å². The molecule has 0 saturated heterocycles. The van der Waals surface area contributed by atoms with Gasteiger partial charge in [0.15, 0.2) is 5.78 Å². The number of carbonyl (C=O) groups is 1. The Kier molecular flexibility index (Phi) is 2.08. The Bertz CT molecular complexity index is 791.